The Morgan fingerprint density at radius 1 is 1.14 bits per heavy atom. The summed E-state index contributed by atoms with van der Waals surface area (Å²) in [5.74, 6) is 0.664. The highest BCUT2D eigenvalue weighted by Crippen LogP contribution is 2.28. The molecule has 1 atom stereocenters. The van der Waals surface area contributed by atoms with Gasteiger partial charge in [0.05, 0.1) is 5.56 Å². The molecule has 21 heavy (non-hydrogen) atoms. The van der Waals surface area contributed by atoms with E-state index in [0.717, 1.165) is 28.6 Å². The van der Waals surface area contributed by atoms with Crippen molar-refractivity contribution in [1.29, 1.82) is 0 Å². The molecule has 2 aromatic carbocycles. The third kappa shape index (κ3) is 2.98. The fraction of sp³-hybridized carbons (Fsp3) is 0.278. The maximum Gasteiger partial charge on any atom is 0.255 e. The van der Waals surface area contributed by atoms with Gasteiger partial charge < -0.3 is 4.90 Å². The van der Waals surface area contributed by atoms with Crippen molar-refractivity contribution in [3.8, 4) is 0 Å². The van der Waals surface area contributed by atoms with Crippen LogP contribution in [-0.4, -0.2) is 17.4 Å². The van der Waals surface area contributed by atoms with Gasteiger partial charge in [0.25, 0.3) is 5.91 Å². The van der Waals surface area contributed by atoms with Gasteiger partial charge in [-0.15, -0.1) is 0 Å². The van der Waals surface area contributed by atoms with Crippen LogP contribution in [0.2, 0.25) is 0 Å². The van der Waals surface area contributed by atoms with Crippen LogP contribution in [0, 0.1) is 3.57 Å². The van der Waals surface area contributed by atoms with Gasteiger partial charge in [0.1, 0.15) is 0 Å². The Kier molecular flexibility index (Phi) is 4.29. The van der Waals surface area contributed by atoms with Crippen LogP contribution in [0.25, 0.3) is 0 Å². The Bertz CT molecular complexity index is 654. The van der Waals surface area contributed by atoms with E-state index >= 15 is 0 Å². The fourth-order valence-electron chi connectivity index (χ4n) is 2.85. The minimum Gasteiger partial charge on any atom is -0.334 e. The Labute approximate surface area is 139 Å². The summed E-state index contributed by atoms with van der Waals surface area (Å²) in [5.41, 5.74) is 3.42. The summed E-state index contributed by atoms with van der Waals surface area (Å²) in [6.45, 7) is 3.80. The van der Waals surface area contributed by atoms with E-state index in [1.807, 2.05) is 23.1 Å². The summed E-state index contributed by atoms with van der Waals surface area (Å²) < 4.78 is 1.06. The fourth-order valence-corrected chi connectivity index (χ4v) is 3.64. The van der Waals surface area contributed by atoms with Crippen molar-refractivity contribution >= 4 is 28.5 Å². The number of benzene rings is 2. The van der Waals surface area contributed by atoms with Crippen molar-refractivity contribution in [3.05, 3.63) is 68.8 Å². The molecule has 0 radical (unpaired) electrons. The van der Waals surface area contributed by atoms with Crippen molar-refractivity contribution in [2.75, 3.05) is 6.54 Å². The van der Waals surface area contributed by atoms with Crippen LogP contribution in [-0.2, 0) is 6.54 Å². The summed E-state index contributed by atoms with van der Waals surface area (Å²) in [7, 11) is 0. The smallest absolute Gasteiger partial charge is 0.255 e. The standard InChI is InChI=1S/C18H18INO/c1-13(14-6-3-2-4-7-14)10-11-20-12-15-8-5-9-16(19)17(15)18(20)21/h2-9,13H,10-12H2,1H3. The molecule has 0 saturated heterocycles. The normalized spacial score (nSPS) is 15.1. The molecule has 0 spiro atoms. The zero-order valence-electron chi connectivity index (χ0n) is 12.1. The van der Waals surface area contributed by atoms with Gasteiger partial charge in [-0.2, -0.15) is 0 Å². The van der Waals surface area contributed by atoms with Crippen LogP contribution in [0.5, 0.6) is 0 Å². The van der Waals surface area contributed by atoms with Crippen molar-refractivity contribution in [1.82, 2.24) is 4.90 Å². The molecule has 0 aromatic heterocycles. The van der Waals surface area contributed by atoms with Crippen LogP contribution in [0.3, 0.4) is 0 Å². The molecule has 2 aromatic rings. The van der Waals surface area contributed by atoms with E-state index in [-0.39, 0.29) is 5.91 Å². The van der Waals surface area contributed by atoms with Crippen LogP contribution in [0.4, 0.5) is 0 Å². The summed E-state index contributed by atoms with van der Waals surface area (Å²) in [6, 6.07) is 16.6. The average molecular weight is 391 g/mol. The van der Waals surface area contributed by atoms with E-state index in [0.29, 0.717) is 5.92 Å². The number of hydrogen-bond acceptors (Lipinski definition) is 1. The summed E-state index contributed by atoms with van der Waals surface area (Å²) >= 11 is 2.25. The maximum atomic E-state index is 12.5. The van der Waals surface area contributed by atoms with E-state index < -0.39 is 0 Å². The zero-order chi connectivity index (χ0) is 14.8. The van der Waals surface area contributed by atoms with E-state index in [9.17, 15) is 4.79 Å². The van der Waals surface area contributed by atoms with Gasteiger partial charge in [-0.25, -0.2) is 0 Å². The lowest BCUT2D eigenvalue weighted by atomic mass is 9.98. The van der Waals surface area contributed by atoms with Gasteiger partial charge in [0.15, 0.2) is 0 Å². The number of halogens is 1. The van der Waals surface area contributed by atoms with E-state index in [1.165, 1.54) is 11.1 Å². The van der Waals surface area contributed by atoms with Crippen molar-refractivity contribution in [2.24, 2.45) is 0 Å². The number of rotatable bonds is 4. The van der Waals surface area contributed by atoms with E-state index in [2.05, 4.69) is 59.8 Å². The Hall–Kier alpha value is -1.36. The highest BCUT2D eigenvalue weighted by molar-refractivity contribution is 14.1. The first-order chi connectivity index (χ1) is 10.2. The number of nitrogens with zero attached hydrogens (tertiary/aromatic N) is 1. The second-order valence-electron chi connectivity index (χ2n) is 5.60. The Balaban J connectivity index is 1.66. The highest BCUT2D eigenvalue weighted by Gasteiger charge is 2.28. The molecule has 108 valence electrons. The average Bonchev–Trinajstić information content (AvgIpc) is 2.83. The lowest BCUT2D eigenvalue weighted by Crippen LogP contribution is -2.26. The van der Waals surface area contributed by atoms with Gasteiger partial charge in [0, 0.05) is 16.7 Å². The molecule has 3 rings (SSSR count). The molecule has 0 bridgehead atoms. The van der Waals surface area contributed by atoms with Gasteiger partial charge >= 0.3 is 0 Å². The van der Waals surface area contributed by atoms with Crippen LogP contribution >= 0.6 is 22.6 Å². The van der Waals surface area contributed by atoms with E-state index in [4.69, 9.17) is 0 Å². The van der Waals surface area contributed by atoms with Gasteiger partial charge in [-0.3, -0.25) is 4.79 Å². The topological polar surface area (TPSA) is 20.3 Å². The first-order valence-electron chi connectivity index (χ1n) is 7.28. The predicted molar refractivity (Wildman–Crippen MR) is 93.4 cm³/mol. The molecule has 1 unspecified atom stereocenters. The largest absolute Gasteiger partial charge is 0.334 e. The molecule has 0 saturated carbocycles. The van der Waals surface area contributed by atoms with Gasteiger partial charge in [-0.1, -0.05) is 49.4 Å². The lowest BCUT2D eigenvalue weighted by Gasteiger charge is -2.19. The molecular formula is C18H18INO. The third-order valence-corrected chi connectivity index (χ3v) is 5.06. The quantitative estimate of drug-likeness (QED) is 0.706. The molecule has 2 nitrogen and oxygen atoms in total. The number of carbonyl (C=O) groups is 1. The first kappa shape index (κ1) is 14.6. The Morgan fingerprint density at radius 2 is 1.90 bits per heavy atom. The number of amides is 1. The SMILES string of the molecule is CC(CCN1Cc2cccc(I)c2C1=O)c1ccccc1. The number of carbonyl (C=O) groups excluding carboxylic acids is 1. The molecule has 1 heterocycles. The second kappa shape index (κ2) is 6.18. The van der Waals surface area contributed by atoms with Crippen molar-refractivity contribution in [2.45, 2.75) is 25.8 Å². The lowest BCUT2D eigenvalue weighted by molar-refractivity contribution is 0.0773. The molecule has 0 fully saturated rings. The van der Waals surface area contributed by atoms with Crippen molar-refractivity contribution < 1.29 is 4.79 Å². The Morgan fingerprint density at radius 3 is 2.62 bits per heavy atom. The molecular weight excluding hydrogens is 373 g/mol. The highest BCUT2D eigenvalue weighted by atomic mass is 127. The third-order valence-electron chi connectivity index (χ3n) is 4.16. The summed E-state index contributed by atoms with van der Waals surface area (Å²) in [5, 5.41) is 0. The molecule has 1 aliphatic heterocycles. The van der Waals surface area contributed by atoms with Crippen molar-refractivity contribution in [3.63, 3.8) is 0 Å². The second-order valence-corrected chi connectivity index (χ2v) is 6.76. The van der Waals surface area contributed by atoms with Crippen LogP contribution in [0.15, 0.2) is 48.5 Å². The molecule has 3 heteroatoms. The zero-order valence-corrected chi connectivity index (χ0v) is 14.2. The predicted octanol–water partition coefficient (Wildman–Crippen LogP) is 4.44. The summed E-state index contributed by atoms with van der Waals surface area (Å²) in [4.78, 5) is 14.5. The van der Waals surface area contributed by atoms with Gasteiger partial charge in [-0.05, 0) is 52.1 Å². The first-order valence-corrected chi connectivity index (χ1v) is 8.36. The number of hydrogen-bond donors (Lipinski definition) is 0. The van der Waals surface area contributed by atoms with E-state index in [1.54, 1.807) is 0 Å². The molecule has 1 aliphatic rings. The number of fused-ring (bicyclic) bond motifs is 1. The molecule has 0 N–H and O–H groups in total. The van der Waals surface area contributed by atoms with Crippen LogP contribution in [0.1, 0.15) is 40.7 Å². The minimum atomic E-state index is 0.190. The summed E-state index contributed by atoms with van der Waals surface area (Å²) in [6.07, 6.45) is 1.00. The maximum absolute atomic E-state index is 12.5. The monoisotopic (exact) mass is 391 g/mol. The van der Waals surface area contributed by atoms with Gasteiger partial charge in [0.2, 0.25) is 0 Å². The molecule has 0 aliphatic carbocycles. The minimum absolute atomic E-state index is 0.190. The van der Waals surface area contributed by atoms with Crippen LogP contribution < -0.4 is 0 Å². The molecule has 1 amide bonds.